The third-order valence-electron chi connectivity index (χ3n) is 4.20. The highest BCUT2D eigenvalue weighted by Crippen LogP contribution is 2.14. The van der Waals surface area contributed by atoms with Crippen molar-refractivity contribution in [3.05, 3.63) is 30.3 Å². The molecule has 0 aliphatic carbocycles. The van der Waals surface area contributed by atoms with Gasteiger partial charge in [0.15, 0.2) is 0 Å². The smallest absolute Gasteiger partial charge is 0.309 e. The molecule has 0 bridgehead atoms. The molecule has 0 atom stereocenters. The number of quaternary nitrogens is 1. The molecule has 1 aliphatic rings. The van der Waals surface area contributed by atoms with Gasteiger partial charge in [0.1, 0.15) is 0 Å². The van der Waals surface area contributed by atoms with E-state index in [1.807, 2.05) is 0 Å². The highest BCUT2D eigenvalue weighted by Gasteiger charge is 2.30. The Morgan fingerprint density at radius 2 is 1.73 bits per heavy atom. The number of sulfonamides is 1. The molecule has 2 rings (SSSR count). The van der Waals surface area contributed by atoms with E-state index in [9.17, 15) is 18.0 Å². The first kappa shape index (κ1) is 20.3. The monoisotopic (exact) mass is 383 g/mol. The maximum absolute atomic E-state index is 12.6. The third-order valence-corrected chi connectivity index (χ3v) is 6.11. The second-order valence-electron chi connectivity index (χ2n) is 6.60. The van der Waals surface area contributed by atoms with E-state index in [1.54, 1.807) is 44.2 Å². The molecule has 1 fully saturated rings. The predicted molar refractivity (Wildman–Crippen MR) is 97.1 cm³/mol. The van der Waals surface area contributed by atoms with Crippen molar-refractivity contribution in [3.8, 4) is 0 Å². The van der Waals surface area contributed by atoms with Crippen LogP contribution in [0, 0.1) is 0 Å². The summed E-state index contributed by atoms with van der Waals surface area (Å²) in [6.45, 7) is 6.82. The van der Waals surface area contributed by atoms with Crippen molar-refractivity contribution < 1.29 is 22.9 Å². The van der Waals surface area contributed by atoms with E-state index >= 15 is 0 Å². The lowest BCUT2D eigenvalue weighted by atomic mass is 10.3. The van der Waals surface area contributed by atoms with E-state index in [-0.39, 0.29) is 6.04 Å². The van der Waals surface area contributed by atoms with Crippen LogP contribution >= 0.6 is 0 Å². The fourth-order valence-electron chi connectivity index (χ4n) is 2.80. The predicted octanol–water partition coefficient (Wildman–Crippen LogP) is -1.78. The van der Waals surface area contributed by atoms with Gasteiger partial charge in [0, 0.05) is 6.04 Å². The van der Waals surface area contributed by atoms with Crippen molar-refractivity contribution in [1.29, 1.82) is 0 Å². The molecule has 26 heavy (non-hydrogen) atoms. The van der Waals surface area contributed by atoms with E-state index < -0.39 is 21.8 Å². The van der Waals surface area contributed by atoms with Gasteiger partial charge in [-0.15, -0.1) is 0 Å². The molecule has 1 heterocycles. The summed E-state index contributed by atoms with van der Waals surface area (Å²) in [5.41, 5.74) is 0. The molecule has 1 aromatic rings. The molecule has 9 heteroatoms. The summed E-state index contributed by atoms with van der Waals surface area (Å²) >= 11 is 0. The minimum absolute atomic E-state index is 0.0847. The summed E-state index contributed by atoms with van der Waals surface area (Å²) in [5.74, 6) is -1.27. The lowest BCUT2D eigenvalue weighted by Crippen LogP contribution is -3.15. The van der Waals surface area contributed by atoms with Crippen molar-refractivity contribution in [1.82, 2.24) is 14.9 Å². The van der Waals surface area contributed by atoms with Crippen LogP contribution < -0.4 is 15.5 Å². The van der Waals surface area contributed by atoms with Crippen molar-refractivity contribution >= 4 is 21.8 Å². The minimum atomic E-state index is -3.44. The van der Waals surface area contributed by atoms with Gasteiger partial charge in [-0.3, -0.25) is 9.59 Å². The van der Waals surface area contributed by atoms with E-state index in [2.05, 4.69) is 10.6 Å². The van der Waals surface area contributed by atoms with Crippen LogP contribution in [-0.2, 0) is 19.6 Å². The molecule has 8 nitrogen and oxygen atoms in total. The summed E-state index contributed by atoms with van der Waals surface area (Å²) < 4.78 is 26.7. The maximum Gasteiger partial charge on any atom is 0.309 e. The summed E-state index contributed by atoms with van der Waals surface area (Å²) in [6, 6.07) is 8.34. The van der Waals surface area contributed by atoms with Crippen LogP contribution in [0.1, 0.15) is 13.8 Å². The number of carbonyl (C=O) groups excluding carboxylic acids is 2. The number of rotatable bonds is 6. The van der Waals surface area contributed by atoms with Gasteiger partial charge >= 0.3 is 11.8 Å². The molecule has 1 aromatic carbocycles. The van der Waals surface area contributed by atoms with Gasteiger partial charge in [-0.2, -0.15) is 4.31 Å². The van der Waals surface area contributed by atoms with Crippen molar-refractivity contribution in [2.45, 2.75) is 24.8 Å². The van der Waals surface area contributed by atoms with E-state index in [0.717, 1.165) is 0 Å². The Bertz CT molecular complexity index is 714. The number of amides is 2. The summed E-state index contributed by atoms with van der Waals surface area (Å²) in [6.07, 6.45) is 0. The van der Waals surface area contributed by atoms with Gasteiger partial charge < -0.3 is 15.5 Å². The summed E-state index contributed by atoms with van der Waals surface area (Å²) in [4.78, 5) is 24.7. The Morgan fingerprint density at radius 1 is 1.12 bits per heavy atom. The number of nitrogens with one attached hydrogen (secondary N) is 3. The van der Waals surface area contributed by atoms with Gasteiger partial charge in [-0.25, -0.2) is 8.42 Å². The molecule has 2 amide bonds. The fourth-order valence-corrected chi connectivity index (χ4v) is 4.26. The Labute approximate surface area is 154 Å². The average molecular weight is 383 g/mol. The zero-order chi connectivity index (χ0) is 19.2. The summed E-state index contributed by atoms with van der Waals surface area (Å²) in [5, 5.41) is 5.14. The molecule has 3 N–H and O–H groups in total. The third kappa shape index (κ3) is 5.52. The van der Waals surface area contributed by atoms with Gasteiger partial charge in [-0.05, 0) is 26.0 Å². The molecular weight excluding hydrogens is 356 g/mol. The SMILES string of the molecule is CC(C)NC(=O)C(=O)NCC[NH+]1CCN(S(=O)(=O)c2ccccc2)CC1. The Kier molecular flexibility index (Phi) is 7.13. The highest BCUT2D eigenvalue weighted by atomic mass is 32.2. The van der Waals surface area contributed by atoms with Gasteiger partial charge in [0.05, 0.1) is 44.2 Å². The average Bonchev–Trinajstić information content (AvgIpc) is 2.62. The van der Waals surface area contributed by atoms with E-state index in [0.29, 0.717) is 44.2 Å². The van der Waals surface area contributed by atoms with Crippen LogP contribution in [0.4, 0.5) is 0 Å². The molecule has 1 aliphatic heterocycles. The molecule has 0 aromatic heterocycles. The van der Waals surface area contributed by atoms with Gasteiger partial charge in [-0.1, -0.05) is 18.2 Å². The number of piperazine rings is 1. The number of carbonyl (C=O) groups is 2. The number of hydrogen-bond acceptors (Lipinski definition) is 4. The fraction of sp³-hybridized carbons (Fsp3) is 0.529. The van der Waals surface area contributed by atoms with Crippen molar-refractivity contribution in [2.24, 2.45) is 0 Å². The molecular formula is C17H27N4O4S+. The van der Waals surface area contributed by atoms with Crippen molar-refractivity contribution in [2.75, 3.05) is 39.3 Å². The molecule has 1 saturated heterocycles. The van der Waals surface area contributed by atoms with Crippen LogP contribution in [0.25, 0.3) is 0 Å². The largest absolute Gasteiger partial charge is 0.346 e. The zero-order valence-corrected chi connectivity index (χ0v) is 16.0. The molecule has 144 valence electrons. The molecule has 0 saturated carbocycles. The lowest BCUT2D eigenvalue weighted by Gasteiger charge is -2.31. The van der Waals surface area contributed by atoms with Crippen molar-refractivity contribution in [3.63, 3.8) is 0 Å². The Balaban J connectivity index is 1.75. The van der Waals surface area contributed by atoms with Crippen LogP contribution in [0.3, 0.4) is 0 Å². The first-order valence-electron chi connectivity index (χ1n) is 8.78. The Morgan fingerprint density at radius 3 is 2.31 bits per heavy atom. The second-order valence-corrected chi connectivity index (χ2v) is 8.54. The van der Waals surface area contributed by atoms with Gasteiger partial charge in [0.25, 0.3) is 0 Å². The standard InChI is InChI=1S/C17H26N4O4S/c1-14(2)19-17(23)16(22)18-8-9-20-10-12-21(13-11-20)26(24,25)15-6-4-3-5-7-15/h3-7,14H,8-13H2,1-2H3,(H,18,22)(H,19,23)/p+1. The summed E-state index contributed by atoms with van der Waals surface area (Å²) in [7, 11) is -3.44. The molecule has 0 radical (unpaired) electrons. The minimum Gasteiger partial charge on any atom is -0.346 e. The number of nitrogens with zero attached hydrogens (tertiary/aromatic N) is 1. The quantitative estimate of drug-likeness (QED) is 0.506. The molecule has 0 unspecified atom stereocenters. The topological polar surface area (TPSA) is 100 Å². The van der Waals surface area contributed by atoms with Crippen LogP contribution in [-0.4, -0.2) is 69.8 Å². The zero-order valence-electron chi connectivity index (χ0n) is 15.2. The van der Waals surface area contributed by atoms with E-state index in [1.165, 1.54) is 9.21 Å². The number of hydrogen-bond donors (Lipinski definition) is 3. The number of benzene rings is 1. The van der Waals surface area contributed by atoms with Crippen LogP contribution in [0.5, 0.6) is 0 Å². The first-order valence-corrected chi connectivity index (χ1v) is 10.2. The second kappa shape index (κ2) is 9.11. The highest BCUT2D eigenvalue weighted by molar-refractivity contribution is 7.89. The van der Waals surface area contributed by atoms with Crippen LogP contribution in [0.2, 0.25) is 0 Å². The Hall–Kier alpha value is -1.97. The molecule has 0 spiro atoms. The van der Waals surface area contributed by atoms with E-state index in [4.69, 9.17) is 0 Å². The first-order chi connectivity index (χ1) is 12.3. The maximum atomic E-state index is 12.6. The van der Waals surface area contributed by atoms with Crippen LogP contribution in [0.15, 0.2) is 35.2 Å². The van der Waals surface area contributed by atoms with Gasteiger partial charge in [0.2, 0.25) is 10.0 Å². The lowest BCUT2D eigenvalue weighted by molar-refractivity contribution is -0.902. The normalized spacial score (nSPS) is 16.4.